The zero-order chi connectivity index (χ0) is 21.7. The van der Waals surface area contributed by atoms with Gasteiger partial charge in [0, 0.05) is 25.5 Å². The number of nitrogens with one attached hydrogen (secondary N) is 2. The lowest BCUT2D eigenvalue weighted by Crippen LogP contribution is -2.29. The van der Waals surface area contributed by atoms with Crippen LogP contribution in [-0.4, -0.2) is 38.6 Å². The van der Waals surface area contributed by atoms with Gasteiger partial charge in [-0.05, 0) is 60.7 Å². The molecule has 2 aromatic carbocycles. The summed E-state index contributed by atoms with van der Waals surface area (Å²) >= 11 is 0. The molecule has 0 aromatic heterocycles. The molecule has 0 heterocycles. The Kier molecular flexibility index (Phi) is 6.89. The highest BCUT2D eigenvalue weighted by molar-refractivity contribution is 7.89. The Morgan fingerprint density at radius 1 is 0.800 bits per heavy atom. The molecule has 8 heteroatoms. The number of carbonyl (C=O) groups is 2. The molecule has 1 saturated carbocycles. The van der Waals surface area contributed by atoms with Crippen molar-refractivity contribution < 1.29 is 18.0 Å². The van der Waals surface area contributed by atoms with Crippen LogP contribution in [0.15, 0.2) is 53.4 Å². The van der Waals surface area contributed by atoms with E-state index in [0.29, 0.717) is 17.3 Å². The first kappa shape index (κ1) is 22.0. The zero-order valence-corrected chi connectivity index (χ0v) is 18.0. The summed E-state index contributed by atoms with van der Waals surface area (Å²) in [5.41, 5.74) is 2.16. The highest BCUT2D eigenvalue weighted by Gasteiger charge is 2.19. The van der Waals surface area contributed by atoms with E-state index in [-0.39, 0.29) is 4.90 Å². The van der Waals surface area contributed by atoms with Crippen molar-refractivity contribution in [1.29, 1.82) is 0 Å². The predicted octanol–water partition coefficient (Wildman–Crippen LogP) is 3.56. The van der Waals surface area contributed by atoms with Crippen molar-refractivity contribution in [1.82, 2.24) is 4.31 Å². The van der Waals surface area contributed by atoms with Crippen LogP contribution in [-0.2, 0) is 19.6 Å². The monoisotopic (exact) mass is 429 g/mol. The molecule has 7 nitrogen and oxygen atoms in total. The van der Waals surface area contributed by atoms with Crippen LogP contribution in [0.3, 0.4) is 0 Å². The number of carbonyl (C=O) groups excluding carboxylic acids is 2. The van der Waals surface area contributed by atoms with Crippen LogP contribution in [0.1, 0.15) is 43.6 Å². The van der Waals surface area contributed by atoms with Crippen molar-refractivity contribution in [3.8, 4) is 0 Å². The quantitative estimate of drug-likeness (QED) is 0.711. The lowest BCUT2D eigenvalue weighted by Gasteiger charge is -2.22. The van der Waals surface area contributed by atoms with Gasteiger partial charge in [-0.3, -0.25) is 9.59 Å². The fraction of sp³-hybridized carbons (Fsp3) is 0.364. The highest BCUT2D eigenvalue weighted by Crippen LogP contribution is 2.32. The number of hydrogen-bond acceptors (Lipinski definition) is 4. The Balaban J connectivity index is 1.57. The summed E-state index contributed by atoms with van der Waals surface area (Å²) in [5.74, 6) is -1.04. The average molecular weight is 430 g/mol. The van der Waals surface area contributed by atoms with Crippen molar-refractivity contribution in [3.05, 3.63) is 54.1 Å². The van der Waals surface area contributed by atoms with E-state index in [4.69, 9.17) is 0 Å². The number of sulfonamides is 1. The van der Waals surface area contributed by atoms with E-state index in [1.165, 1.54) is 76.0 Å². The second-order valence-electron chi connectivity index (χ2n) is 7.68. The zero-order valence-electron chi connectivity index (χ0n) is 17.2. The van der Waals surface area contributed by atoms with E-state index in [2.05, 4.69) is 10.6 Å². The number of benzene rings is 2. The standard InChI is InChI=1S/C22H27N3O4S/c1-25(2)30(28,29)20-14-12-19(13-15-20)24-22(27)21(26)23-18-10-8-17(9-11-18)16-6-4-3-5-7-16/h8-16H,3-7H2,1-2H3,(H,23,26)(H,24,27). The average Bonchev–Trinajstić information content (AvgIpc) is 2.75. The largest absolute Gasteiger partial charge is 0.318 e. The molecule has 0 aliphatic heterocycles. The first-order chi connectivity index (χ1) is 14.3. The van der Waals surface area contributed by atoms with Gasteiger partial charge in [0.1, 0.15) is 0 Å². The molecule has 0 saturated heterocycles. The molecular weight excluding hydrogens is 402 g/mol. The fourth-order valence-electron chi connectivity index (χ4n) is 3.57. The predicted molar refractivity (Wildman–Crippen MR) is 117 cm³/mol. The van der Waals surface area contributed by atoms with Crippen molar-refractivity contribution in [2.24, 2.45) is 0 Å². The maximum atomic E-state index is 12.2. The van der Waals surface area contributed by atoms with E-state index in [0.717, 1.165) is 4.31 Å². The van der Waals surface area contributed by atoms with E-state index in [9.17, 15) is 18.0 Å². The minimum absolute atomic E-state index is 0.105. The van der Waals surface area contributed by atoms with E-state index >= 15 is 0 Å². The summed E-state index contributed by atoms with van der Waals surface area (Å²) in [6, 6.07) is 13.3. The molecule has 30 heavy (non-hydrogen) atoms. The summed E-state index contributed by atoms with van der Waals surface area (Å²) in [4.78, 5) is 24.5. The molecule has 1 aliphatic rings. The number of anilines is 2. The van der Waals surface area contributed by atoms with Crippen LogP contribution in [0, 0.1) is 0 Å². The van der Waals surface area contributed by atoms with Gasteiger partial charge in [-0.25, -0.2) is 12.7 Å². The fourth-order valence-corrected chi connectivity index (χ4v) is 4.47. The molecule has 1 aliphatic carbocycles. The third-order valence-electron chi connectivity index (χ3n) is 5.34. The van der Waals surface area contributed by atoms with Gasteiger partial charge in [-0.15, -0.1) is 0 Å². The van der Waals surface area contributed by atoms with Crippen LogP contribution >= 0.6 is 0 Å². The number of hydrogen-bond donors (Lipinski definition) is 2. The van der Waals surface area contributed by atoms with Crippen molar-refractivity contribution in [3.63, 3.8) is 0 Å². The summed E-state index contributed by atoms with van der Waals surface area (Å²) in [6.45, 7) is 0. The molecule has 2 aromatic rings. The summed E-state index contributed by atoms with van der Waals surface area (Å²) in [6.07, 6.45) is 6.20. The number of rotatable bonds is 5. The van der Waals surface area contributed by atoms with Crippen molar-refractivity contribution in [2.45, 2.75) is 42.9 Å². The van der Waals surface area contributed by atoms with Gasteiger partial charge < -0.3 is 10.6 Å². The molecule has 0 bridgehead atoms. The normalized spacial score (nSPS) is 15.0. The van der Waals surface area contributed by atoms with Crippen LogP contribution in [0.5, 0.6) is 0 Å². The second-order valence-corrected chi connectivity index (χ2v) is 9.83. The topological polar surface area (TPSA) is 95.6 Å². The Hall–Kier alpha value is -2.71. The third-order valence-corrected chi connectivity index (χ3v) is 7.17. The van der Waals surface area contributed by atoms with Gasteiger partial charge >= 0.3 is 11.8 Å². The van der Waals surface area contributed by atoms with E-state index in [1.54, 1.807) is 0 Å². The summed E-state index contributed by atoms with van der Waals surface area (Å²) in [5, 5.41) is 5.06. The van der Waals surface area contributed by atoms with Crippen molar-refractivity contribution in [2.75, 3.05) is 24.7 Å². The highest BCUT2D eigenvalue weighted by atomic mass is 32.2. The lowest BCUT2D eigenvalue weighted by atomic mass is 9.84. The molecular formula is C22H27N3O4S. The SMILES string of the molecule is CN(C)S(=O)(=O)c1ccc(NC(=O)C(=O)Nc2ccc(C3CCCCC3)cc2)cc1. The molecule has 3 rings (SSSR count). The smallest absolute Gasteiger partial charge is 0.314 e. The Bertz CT molecular complexity index is 994. The number of nitrogens with zero attached hydrogens (tertiary/aromatic N) is 1. The van der Waals surface area contributed by atoms with Gasteiger partial charge in [0.05, 0.1) is 4.90 Å². The minimum Gasteiger partial charge on any atom is -0.318 e. The minimum atomic E-state index is -3.55. The summed E-state index contributed by atoms with van der Waals surface area (Å²) in [7, 11) is -0.667. The Labute approximate surface area is 177 Å². The molecule has 160 valence electrons. The molecule has 2 amide bonds. The first-order valence-corrected chi connectivity index (χ1v) is 11.5. The Morgan fingerprint density at radius 2 is 1.27 bits per heavy atom. The molecule has 2 N–H and O–H groups in total. The second kappa shape index (κ2) is 9.40. The molecule has 0 spiro atoms. The third kappa shape index (κ3) is 5.25. The molecule has 0 atom stereocenters. The van der Waals surface area contributed by atoms with Crippen LogP contribution in [0.2, 0.25) is 0 Å². The molecule has 1 fully saturated rings. The van der Waals surface area contributed by atoms with Gasteiger partial charge in [0.2, 0.25) is 10.0 Å². The van der Waals surface area contributed by atoms with Gasteiger partial charge in [-0.1, -0.05) is 31.4 Å². The maximum absolute atomic E-state index is 12.2. The molecule has 0 unspecified atom stereocenters. The van der Waals surface area contributed by atoms with E-state index in [1.807, 2.05) is 24.3 Å². The molecule has 0 radical (unpaired) electrons. The van der Waals surface area contributed by atoms with Gasteiger partial charge in [0.25, 0.3) is 0 Å². The lowest BCUT2D eigenvalue weighted by molar-refractivity contribution is -0.132. The summed E-state index contributed by atoms with van der Waals surface area (Å²) < 4.78 is 25.3. The van der Waals surface area contributed by atoms with Crippen LogP contribution < -0.4 is 10.6 Å². The van der Waals surface area contributed by atoms with Crippen LogP contribution in [0.25, 0.3) is 0 Å². The van der Waals surface area contributed by atoms with Crippen LogP contribution in [0.4, 0.5) is 11.4 Å². The Morgan fingerprint density at radius 3 is 1.73 bits per heavy atom. The van der Waals surface area contributed by atoms with Gasteiger partial charge in [0.15, 0.2) is 0 Å². The number of amides is 2. The van der Waals surface area contributed by atoms with Gasteiger partial charge in [-0.2, -0.15) is 0 Å². The maximum Gasteiger partial charge on any atom is 0.314 e. The first-order valence-electron chi connectivity index (χ1n) is 10.0. The van der Waals surface area contributed by atoms with Crippen molar-refractivity contribution >= 4 is 33.2 Å². The van der Waals surface area contributed by atoms with E-state index < -0.39 is 21.8 Å².